The lowest BCUT2D eigenvalue weighted by molar-refractivity contribution is 0.0660. The molecule has 0 bridgehead atoms. The van der Waals surface area contributed by atoms with E-state index in [2.05, 4.69) is 4.98 Å². The lowest BCUT2D eigenvalue weighted by Crippen LogP contribution is -2.07. The molecule has 0 aliphatic carbocycles. The molecule has 0 unspecified atom stereocenters. The Kier molecular flexibility index (Phi) is 3.02. The summed E-state index contributed by atoms with van der Waals surface area (Å²) < 4.78 is 7.06. The van der Waals surface area contributed by atoms with Crippen LogP contribution in [0.1, 0.15) is 28.9 Å². The molecule has 3 rings (SSSR count). The molecule has 0 saturated carbocycles. The smallest absolute Gasteiger partial charge is 0.372 e. The lowest BCUT2D eigenvalue weighted by atomic mass is 10.2. The van der Waals surface area contributed by atoms with Crippen molar-refractivity contribution >= 4 is 17.0 Å². The lowest BCUT2D eigenvalue weighted by Gasteiger charge is -2.07. The minimum atomic E-state index is -1.05. The quantitative estimate of drug-likeness (QED) is 0.791. The van der Waals surface area contributed by atoms with Crippen LogP contribution < -0.4 is 0 Å². The van der Waals surface area contributed by atoms with Crippen LogP contribution in [0.15, 0.2) is 41.0 Å². The van der Waals surface area contributed by atoms with Gasteiger partial charge in [-0.15, -0.1) is 0 Å². The van der Waals surface area contributed by atoms with E-state index in [9.17, 15) is 4.79 Å². The Morgan fingerprint density at radius 2 is 2.15 bits per heavy atom. The summed E-state index contributed by atoms with van der Waals surface area (Å²) in [4.78, 5) is 15.7. The summed E-state index contributed by atoms with van der Waals surface area (Å²) in [6.45, 7) is 2.48. The van der Waals surface area contributed by atoms with Crippen LogP contribution in [0.4, 0.5) is 0 Å². The van der Waals surface area contributed by atoms with Crippen molar-refractivity contribution < 1.29 is 14.3 Å². The molecule has 1 N–H and O–H groups in total. The normalized spacial score (nSPS) is 11.1. The predicted molar refractivity (Wildman–Crippen MR) is 73.9 cm³/mol. The van der Waals surface area contributed by atoms with E-state index >= 15 is 0 Å². The number of imidazole rings is 1. The Balaban J connectivity index is 2.10. The van der Waals surface area contributed by atoms with Gasteiger partial charge in [-0.2, -0.15) is 0 Å². The van der Waals surface area contributed by atoms with Gasteiger partial charge in [-0.05, 0) is 18.2 Å². The van der Waals surface area contributed by atoms with Crippen LogP contribution in [-0.4, -0.2) is 20.6 Å². The predicted octanol–water partition coefficient (Wildman–Crippen LogP) is 2.94. The van der Waals surface area contributed by atoms with Crippen LogP contribution in [0.5, 0.6) is 0 Å². The summed E-state index contributed by atoms with van der Waals surface area (Å²) in [5, 5.41) is 9.10. The van der Waals surface area contributed by atoms with Gasteiger partial charge in [-0.25, -0.2) is 9.78 Å². The summed E-state index contributed by atoms with van der Waals surface area (Å²) in [7, 11) is 0. The fraction of sp³-hybridized carbons (Fsp3) is 0.200. The molecule has 0 saturated heterocycles. The van der Waals surface area contributed by atoms with E-state index in [1.54, 1.807) is 6.07 Å². The third-order valence-electron chi connectivity index (χ3n) is 3.32. The first-order valence-corrected chi connectivity index (χ1v) is 6.44. The van der Waals surface area contributed by atoms with Gasteiger partial charge < -0.3 is 14.1 Å². The van der Waals surface area contributed by atoms with Gasteiger partial charge in [0.05, 0.1) is 23.8 Å². The van der Waals surface area contributed by atoms with Crippen molar-refractivity contribution in [3.05, 3.63) is 53.7 Å². The van der Waals surface area contributed by atoms with E-state index in [0.29, 0.717) is 12.1 Å². The first kappa shape index (κ1) is 12.5. The number of fused-ring (bicyclic) bond motifs is 1. The number of carboxylic acids is 1. The van der Waals surface area contributed by atoms with Gasteiger partial charge >= 0.3 is 5.97 Å². The van der Waals surface area contributed by atoms with E-state index in [1.807, 2.05) is 35.8 Å². The first-order chi connectivity index (χ1) is 9.70. The van der Waals surface area contributed by atoms with Crippen molar-refractivity contribution in [2.75, 3.05) is 0 Å². The molecule has 0 amide bonds. The van der Waals surface area contributed by atoms with Crippen LogP contribution in [-0.2, 0) is 13.0 Å². The Morgan fingerprint density at radius 3 is 2.90 bits per heavy atom. The third kappa shape index (κ3) is 1.97. The summed E-state index contributed by atoms with van der Waals surface area (Å²) in [6, 6.07) is 9.53. The summed E-state index contributed by atoms with van der Waals surface area (Å²) >= 11 is 0. The molecule has 5 heteroatoms. The highest BCUT2D eigenvalue weighted by molar-refractivity contribution is 5.86. The molecule has 5 nitrogen and oxygen atoms in total. The van der Waals surface area contributed by atoms with Crippen molar-refractivity contribution in [1.29, 1.82) is 0 Å². The molecule has 102 valence electrons. The maximum atomic E-state index is 11.1. The number of aromatic nitrogens is 2. The van der Waals surface area contributed by atoms with Gasteiger partial charge in [-0.3, -0.25) is 0 Å². The molecule has 3 aromatic rings. The number of hydrogen-bond acceptors (Lipinski definition) is 3. The highest BCUT2D eigenvalue weighted by Gasteiger charge is 2.16. The zero-order valence-electron chi connectivity index (χ0n) is 11.0. The third-order valence-corrected chi connectivity index (χ3v) is 3.32. The molecule has 0 radical (unpaired) electrons. The number of aromatic carboxylic acids is 1. The average Bonchev–Trinajstić information content (AvgIpc) is 3.04. The molecular weight excluding hydrogens is 256 g/mol. The zero-order valence-corrected chi connectivity index (χ0v) is 11.0. The second kappa shape index (κ2) is 4.85. The Hall–Kier alpha value is -2.56. The van der Waals surface area contributed by atoms with Gasteiger partial charge in [0.1, 0.15) is 5.82 Å². The summed E-state index contributed by atoms with van der Waals surface area (Å²) in [5.41, 5.74) is 2.57. The number of benzene rings is 1. The van der Waals surface area contributed by atoms with E-state index < -0.39 is 5.97 Å². The van der Waals surface area contributed by atoms with Gasteiger partial charge in [0, 0.05) is 12.0 Å². The summed E-state index contributed by atoms with van der Waals surface area (Å²) in [5.74, 6) is -0.124. The molecule has 0 fully saturated rings. The van der Waals surface area contributed by atoms with Crippen molar-refractivity contribution in [1.82, 2.24) is 9.55 Å². The number of rotatable bonds is 4. The van der Waals surface area contributed by atoms with E-state index in [4.69, 9.17) is 9.52 Å². The Bertz CT molecular complexity index is 770. The molecule has 0 aliphatic heterocycles. The maximum Gasteiger partial charge on any atom is 0.372 e. The molecule has 2 aromatic heterocycles. The molecular formula is C15H14N2O3. The largest absolute Gasteiger partial charge is 0.475 e. The van der Waals surface area contributed by atoms with Gasteiger partial charge in [0.25, 0.3) is 0 Å². The maximum absolute atomic E-state index is 11.1. The van der Waals surface area contributed by atoms with Crippen LogP contribution in [0.25, 0.3) is 11.0 Å². The van der Waals surface area contributed by atoms with Crippen LogP contribution in [0.3, 0.4) is 0 Å². The van der Waals surface area contributed by atoms with Crippen molar-refractivity contribution in [3.8, 4) is 0 Å². The van der Waals surface area contributed by atoms with E-state index in [0.717, 1.165) is 23.3 Å². The molecule has 20 heavy (non-hydrogen) atoms. The van der Waals surface area contributed by atoms with E-state index in [-0.39, 0.29) is 5.76 Å². The van der Waals surface area contributed by atoms with Crippen LogP contribution in [0.2, 0.25) is 0 Å². The number of furan rings is 1. The molecule has 1 aromatic carbocycles. The van der Waals surface area contributed by atoms with Crippen LogP contribution in [0, 0.1) is 0 Å². The topological polar surface area (TPSA) is 68.3 Å². The fourth-order valence-electron chi connectivity index (χ4n) is 2.39. The number of para-hydroxylation sites is 2. The van der Waals surface area contributed by atoms with Crippen LogP contribution >= 0.6 is 0 Å². The monoisotopic (exact) mass is 270 g/mol. The fourth-order valence-corrected chi connectivity index (χ4v) is 2.39. The highest BCUT2D eigenvalue weighted by Crippen LogP contribution is 2.20. The van der Waals surface area contributed by atoms with Crippen molar-refractivity contribution in [2.24, 2.45) is 0 Å². The Morgan fingerprint density at radius 1 is 1.35 bits per heavy atom. The number of carboxylic acid groups (broad SMARTS) is 1. The minimum Gasteiger partial charge on any atom is -0.475 e. The van der Waals surface area contributed by atoms with Crippen molar-refractivity contribution in [2.45, 2.75) is 19.9 Å². The first-order valence-electron chi connectivity index (χ1n) is 6.44. The minimum absolute atomic E-state index is 0.00941. The van der Waals surface area contributed by atoms with Gasteiger partial charge in [0.15, 0.2) is 0 Å². The van der Waals surface area contributed by atoms with E-state index in [1.165, 1.54) is 6.26 Å². The van der Waals surface area contributed by atoms with Gasteiger partial charge in [0.2, 0.25) is 5.76 Å². The number of aryl methyl sites for hydroxylation is 1. The summed E-state index contributed by atoms with van der Waals surface area (Å²) in [6.07, 6.45) is 2.19. The molecule has 0 aliphatic rings. The highest BCUT2D eigenvalue weighted by atomic mass is 16.4. The molecule has 0 spiro atoms. The Labute approximate surface area is 115 Å². The SMILES string of the molecule is CCc1nc2ccccc2n1Cc1ccoc1C(=O)O. The zero-order chi connectivity index (χ0) is 14.1. The second-order valence-electron chi connectivity index (χ2n) is 4.54. The van der Waals surface area contributed by atoms with Gasteiger partial charge in [-0.1, -0.05) is 19.1 Å². The van der Waals surface area contributed by atoms with Crippen molar-refractivity contribution in [3.63, 3.8) is 0 Å². The molecule has 0 atom stereocenters. The second-order valence-corrected chi connectivity index (χ2v) is 4.54. The number of nitrogens with zero attached hydrogens (tertiary/aromatic N) is 2. The number of carbonyl (C=O) groups is 1. The standard InChI is InChI=1S/C15H14N2O3/c1-2-13-16-11-5-3-4-6-12(11)17(13)9-10-7-8-20-14(10)15(18)19/h3-8H,2,9H2,1H3,(H,18,19). The average molecular weight is 270 g/mol. The molecule has 2 heterocycles. The number of hydrogen-bond donors (Lipinski definition) is 1.